The molecule has 10 heteroatoms. The van der Waals surface area contributed by atoms with Gasteiger partial charge in [0, 0.05) is 37.0 Å². The lowest BCUT2D eigenvalue weighted by atomic mass is 10.0. The zero-order chi connectivity index (χ0) is 22.1. The number of halogens is 3. The molecule has 2 aromatic heterocycles. The molecule has 0 saturated carbocycles. The molecule has 1 aliphatic heterocycles. The number of rotatable bonds is 4. The molecule has 4 rings (SSSR count). The van der Waals surface area contributed by atoms with Gasteiger partial charge in [-0.3, -0.25) is 4.79 Å². The van der Waals surface area contributed by atoms with E-state index in [-0.39, 0.29) is 16.8 Å². The zero-order valence-electron chi connectivity index (χ0n) is 17.1. The molecule has 0 radical (unpaired) electrons. The van der Waals surface area contributed by atoms with E-state index in [4.69, 9.17) is 11.6 Å². The van der Waals surface area contributed by atoms with Crippen LogP contribution in [0.5, 0.6) is 0 Å². The predicted octanol–water partition coefficient (Wildman–Crippen LogP) is 3.65. The number of anilines is 2. The zero-order valence-corrected chi connectivity index (χ0v) is 17.8. The summed E-state index contributed by atoms with van der Waals surface area (Å²) in [6.07, 6.45) is 3.01. The van der Waals surface area contributed by atoms with Crippen LogP contribution >= 0.6 is 11.6 Å². The molecule has 1 fully saturated rings. The minimum absolute atomic E-state index is 0.0943. The van der Waals surface area contributed by atoms with Gasteiger partial charge in [0.05, 0.1) is 11.9 Å². The minimum atomic E-state index is -0.894. The lowest BCUT2D eigenvalue weighted by Gasteiger charge is -2.33. The Bertz CT molecular complexity index is 1160. The second-order valence-electron chi connectivity index (χ2n) is 7.51. The average molecular weight is 447 g/mol. The van der Waals surface area contributed by atoms with E-state index < -0.39 is 17.2 Å². The highest BCUT2D eigenvalue weighted by Crippen LogP contribution is 2.24. The van der Waals surface area contributed by atoms with Crippen molar-refractivity contribution in [3.63, 3.8) is 0 Å². The van der Waals surface area contributed by atoms with Crippen molar-refractivity contribution < 1.29 is 8.78 Å². The summed E-state index contributed by atoms with van der Waals surface area (Å²) in [4.78, 5) is 23.6. The molecule has 1 aromatic carbocycles. The van der Waals surface area contributed by atoms with Crippen LogP contribution in [0.15, 0.2) is 35.3 Å². The third kappa shape index (κ3) is 4.51. The fourth-order valence-corrected chi connectivity index (χ4v) is 3.87. The smallest absolute Gasteiger partial charge is 0.292 e. The Morgan fingerprint density at radius 1 is 1.13 bits per heavy atom. The molecule has 0 spiro atoms. The second kappa shape index (κ2) is 8.58. The molecule has 3 heterocycles. The van der Waals surface area contributed by atoms with E-state index in [2.05, 4.69) is 25.3 Å². The van der Waals surface area contributed by atoms with Gasteiger partial charge in [0.1, 0.15) is 28.2 Å². The maximum Gasteiger partial charge on any atom is 0.292 e. The number of nitrogens with zero attached hydrogens (tertiary/aromatic N) is 5. The first-order valence-electron chi connectivity index (χ1n) is 9.89. The summed E-state index contributed by atoms with van der Waals surface area (Å²) in [6.45, 7) is 5.40. The summed E-state index contributed by atoms with van der Waals surface area (Å²) < 4.78 is 28.0. The van der Waals surface area contributed by atoms with Crippen molar-refractivity contribution in [2.75, 3.05) is 23.3 Å². The van der Waals surface area contributed by atoms with Crippen molar-refractivity contribution in [3.8, 4) is 5.69 Å². The number of hydrogen-bond donors (Lipinski definition) is 1. The van der Waals surface area contributed by atoms with Gasteiger partial charge >= 0.3 is 0 Å². The third-order valence-corrected chi connectivity index (χ3v) is 5.55. The summed E-state index contributed by atoms with van der Waals surface area (Å²) >= 11 is 6.25. The number of piperidine rings is 1. The van der Waals surface area contributed by atoms with E-state index in [1.54, 1.807) is 0 Å². The fraction of sp³-hybridized carbons (Fsp3) is 0.333. The predicted molar refractivity (Wildman–Crippen MR) is 115 cm³/mol. The van der Waals surface area contributed by atoms with Crippen LogP contribution in [0.25, 0.3) is 5.69 Å². The molecule has 0 bridgehead atoms. The maximum atomic E-state index is 14.0. The second-order valence-corrected chi connectivity index (χ2v) is 7.88. The van der Waals surface area contributed by atoms with E-state index in [0.29, 0.717) is 11.8 Å². The van der Waals surface area contributed by atoms with Crippen LogP contribution in [-0.4, -0.2) is 38.9 Å². The molecule has 1 aliphatic rings. The Kier molecular flexibility index (Phi) is 5.86. The van der Waals surface area contributed by atoms with E-state index >= 15 is 0 Å². The van der Waals surface area contributed by atoms with E-state index in [0.717, 1.165) is 60.1 Å². The first-order chi connectivity index (χ1) is 14.8. The van der Waals surface area contributed by atoms with E-state index in [9.17, 15) is 13.6 Å². The van der Waals surface area contributed by atoms with Crippen molar-refractivity contribution in [2.24, 2.45) is 0 Å². The minimum Gasteiger partial charge on any atom is -0.380 e. The molecule has 31 heavy (non-hydrogen) atoms. The Labute approximate surface area is 182 Å². The van der Waals surface area contributed by atoms with Crippen molar-refractivity contribution >= 4 is 23.1 Å². The molecular formula is C21H21ClF2N6O. The van der Waals surface area contributed by atoms with Crippen LogP contribution in [0.1, 0.15) is 24.4 Å². The standard InChI is InChI=1S/C21H21ClF2N6O/c1-12-9-19(27-13(2)26-12)29-7-5-15(6-8-29)28-17-11-25-30(21(31)20(17)22)18-4-3-14(23)10-16(18)24/h3-4,9-11,15,28H,5-8H2,1-2H3. The summed E-state index contributed by atoms with van der Waals surface area (Å²) in [5, 5.41) is 7.19. The summed E-state index contributed by atoms with van der Waals surface area (Å²) in [5.74, 6) is 0.0181. The average Bonchev–Trinajstić information content (AvgIpc) is 2.72. The monoisotopic (exact) mass is 446 g/mol. The van der Waals surface area contributed by atoms with Gasteiger partial charge < -0.3 is 10.2 Å². The highest BCUT2D eigenvalue weighted by atomic mass is 35.5. The fourth-order valence-electron chi connectivity index (χ4n) is 3.69. The first kappa shape index (κ1) is 21.2. The molecule has 7 nitrogen and oxygen atoms in total. The molecule has 1 saturated heterocycles. The molecular weight excluding hydrogens is 426 g/mol. The van der Waals surface area contributed by atoms with Crippen molar-refractivity contribution in [1.29, 1.82) is 0 Å². The number of aromatic nitrogens is 4. The van der Waals surface area contributed by atoms with Crippen LogP contribution in [-0.2, 0) is 0 Å². The lowest BCUT2D eigenvalue weighted by molar-refractivity contribution is 0.522. The van der Waals surface area contributed by atoms with Gasteiger partial charge in [-0.1, -0.05) is 11.6 Å². The molecule has 0 unspecified atom stereocenters. The SMILES string of the molecule is Cc1cc(N2CCC(Nc3cnn(-c4ccc(F)cc4F)c(=O)c3Cl)CC2)nc(C)n1. The quantitative estimate of drug-likeness (QED) is 0.659. The highest BCUT2D eigenvalue weighted by molar-refractivity contribution is 6.33. The van der Waals surface area contributed by atoms with Gasteiger partial charge in [-0.25, -0.2) is 18.7 Å². The largest absolute Gasteiger partial charge is 0.380 e. The van der Waals surface area contributed by atoms with Crippen LogP contribution in [0, 0.1) is 25.5 Å². The summed E-state index contributed by atoms with van der Waals surface area (Å²) in [7, 11) is 0. The van der Waals surface area contributed by atoms with Crippen LogP contribution in [0.3, 0.4) is 0 Å². The van der Waals surface area contributed by atoms with E-state index in [1.807, 2.05) is 19.9 Å². The molecule has 0 atom stereocenters. The Hall–Kier alpha value is -3.07. The number of benzene rings is 1. The van der Waals surface area contributed by atoms with Gasteiger partial charge in [-0.15, -0.1) is 0 Å². The lowest BCUT2D eigenvalue weighted by Crippen LogP contribution is -2.40. The first-order valence-corrected chi connectivity index (χ1v) is 10.3. The highest BCUT2D eigenvalue weighted by Gasteiger charge is 2.22. The van der Waals surface area contributed by atoms with Crippen molar-refractivity contribution in [2.45, 2.75) is 32.7 Å². The topological polar surface area (TPSA) is 75.9 Å². The van der Waals surface area contributed by atoms with Crippen molar-refractivity contribution in [3.05, 3.63) is 69.0 Å². The number of hydrogen-bond acceptors (Lipinski definition) is 6. The molecule has 1 N–H and O–H groups in total. The van der Waals surface area contributed by atoms with Gasteiger partial charge in [0.15, 0.2) is 5.82 Å². The summed E-state index contributed by atoms with van der Waals surface area (Å²) in [6, 6.07) is 4.96. The molecule has 0 aliphatic carbocycles. The van der Waals surface area contributed by atoms with E-state index in [1.165, 1.54) is 6.20 Å². The van der Waals surface area contributed by atoms with Crippen molar-refractivity contribution in [1.82, 2.24) is 19.7 Å². The number of aryl methyl sites for hydroxylation is 2. The van der Waals surface area contributed by atoms with Gasteiger partial charge in [-0.05, 0) is 38.8 Å². The maximum absolute atomic E-state index is 14.0. The molecule has 3 aromatic rings. The van der Waals surface area contributed by atoms with Crippen LogP contribution in [0.4, 0.5) is 20.3 Å². The van der Waals surface area contributed by atoms with Crippen LogP contribution < -0.4 is 15.8 Å². The van der Waals surface area contributed by atoms with Crippen LogP contribution in [0.2, 0.25) is 5.02 Å². The Morgan fingerprint density at radius 3 is 2.55 bits per heavy atom. The third-order valence-electron chi connectivity index (χ3n) is 5.19. The normalized spacial score (nSPS) is 14.7. The Morgan fingerprint density at radius 2 is 1.87 bits per heavy atom. The Balaban J connectivity index is 1.47. The van der Waals surface area contributed by atoms with Gasteiger partial charge in [-0.2, -0.15) is 9.78 Å². The molecule has 0 amide bonds. The van der Waals surface area contributed by atoms with Gasteiger partial charge in [0.25, 0.3) is 5.56 Å². The molecule has 162 valence electrons. The van der Waals surface area contributed by atoms with Gasteiger partial charge in [0.2, 0.25) is 0 Å². The number of nitrogens with one attached hydrogen (secondary N) is 1. The summed E-state index contributed by atoms with van der Waals surface area (Å²) in [5.41, 5.74) is 0.474.